The molecule has 23 heavy (non-hydrogen) atoms. The van der Waals surface area contributed by atoms with Gasteiger partial charge in [-0.2, -0.15) is 4.98 Å². The lowest BCUT2D eigenvalue weighted by atomic mass is 10.2. The molecule has 1 saturated heterocycles. The van der Waals surface area contributed by atoms with Gasteiger partial charge in [0.25, 0.3) is 0 Å². The number of nitrogens with zero attached hydrogens (tertiary/aromatic N) is 3. The molecular formula is C15H15F2N5O. The van der Waals surface area contributed by atoms with E-state index in [2.05, 4.69) is 15.3 Å². The van der Waals surface area contributed by atoms with Gasteiger partial charge in [0, 0.05) is 19.1 Å². The molecule has 1 aromatic carbocycles. The summed E-state index contributed by atoms with van der Waals surface area (Å²) in [6.45, 7) is 1.50. The van der Waals surface area contributed by atoms with E-state index in [1.54, 1.807) is 0 Å². The zero-order valence-electron chi connectivity index (χ0n) is 12.4. The molecule has 1 fully saturated rings. The lowest BCUT2D eigenvalue weighted by Crippen LogP contribution is -2.30. The van der Waals surface area contributed by atoms with Crippen LogP contribution in [-0.2, 0) is 0 Å². The predicted octanol–water partition coefficient (Wildman–Crippen LogP) is 2.03. The van der Waals surface area contributed by atoms with E-state index in [1.807, 2.05) is 11.9 Å². The molecular weight excluding hydrogens is 304 g/mol. The maximum absolute atomic E-state index is 14.2. The molecule has 1 atom stereocenters. The highest BCUT2D eigenvalue weighted by Gasteiger charge is 2.27. The Labute approximate surface area is 130 Å². The summed E-state index contributed by atoms with van der Waals surface area (Å²) in [5.74, 6) is -1.41. The average molecular weight is 319 g/mol. The highest BCUT2D eigenvalue weighted by atomic mass is 19.2. The summed E-state index contributed by atoms with van der Waals surface area (Å²) in [7, 11) is 1.90. The SMILES string of the molecule is CNC1CCN(c2nc(N)nc3c2oc2ccc(F)c(F)c23)C1. The van der Waals surface area contributed by atoms with Crippen molar-refractivity contribution < 1.29 is 13.2 Å². The Kier molecular flexibility index (Phi) is 3.08. The zero-order chi connectivity index (χ0) is 16.1. The second-order valence-electron chi connectivity index (χ2n) is 5.64. The smallest absolute Gasteiger partial charge is 0.222 e. The van der Waals surface area contributed by atoms with Crippen molar-refractivity contribution >= 4 is 33.8 Å². The number of nitrogens with one attached hydrogen (secondary N) is 1. The van der Waals surface area contributed by atoms with E-state index in [0.717, 1.165) is 25.6 Å². The van der Waals surface area contributed by atoms with E-state index in [-0.39, 0.29) is 22.4 Å². The van der Waals surface area contributed by atoms with Crippen LogP contribution in [0.3, 0.4) is 0 Å². The molecule has 8 heteroatoms. The first kappa shape index (κ1) is 14.1. The fraction of sp³-hybridized carbons (Fsp3) is 0.333. The third-order valence-corrected chi connectivity index (χ3v) is 4.27. The Morgan fingerprint density at radius 2 is 2.17 bits per heavy atom. The summed E-state index contributed by atoms with van der Waals surface area (Å²) in [5.41, 5.74) is 6.53. The molecule has 3 aromatic rings. The van der Waals surface area contributed by atoms with Crippen molar-refractivity contribution in [1.82, 2.24) is 15.3 Å². The molecule has 0 amide bonds. The second-order valence-corrected chi connectivity index (χ2v) is 5.64. The summed E-state index contributed by atoms with van der Waals surface area (Å²) in [4.78, 5) is 10.3. The van der Waals surface area contributed by atoms with Crippen molar-refractivity contribution in [3.8, 4) is 0 Å². The van der Waals surface area contributed by atoms with Crippen LogP contribution in [0.25, 0.3) is 22.1 Å². The van der Waals surface area contributed by atoms with Crippen molar-refractivity contribution in [2.75, 3.05) is 30.8 Å². The second kappa shape index (κ2) is 5.02. The molecule has 0 aliphatic carbocycles. The number of hydrogen-bond acceptors (Lipinski definition) is 6. The number of benzene rings is 1. The van der Waals surface area contributed by atoms with E-state index in [1.165, 1.54) is 6.07 Å². The van der Waals surface area contributed by atoms with E-state index in [9.17, 15) is 8.78 Å². The van der Waals surface area contributed by atoms with Gasteiger partial charge in [0.05, 0.1) is 5.39 Å². The van der Waals surface area contributed by atoms with Gasteiger partial charge in [0.1, 0.15) is 11.1 Å². The summed E-state index contributed by atoms with van der Waals surface area (Å²) >= 11 is 0. The largest absolute Gasteiger partial charge is 0.450 e. The molecule has 1 unspecified atom stereocenters. The lowest BCUT2D eigenvalue weighted by Gasteiger charge is -2.17. The maximum Gasteiger partial charge on any atom is 0.222 e. The first-order chi connectivity index (χ1) is 11.1. The minimum atomic E-state index is -0.986. The molecule has 1 aliphatic heterocycles. The normalized spacial score (nSPS) is 18.4. The third kappa shape index (κ3) is 2.09. The lowest BCUT2D eigenvalue weighted by molar-refractivity contribution is 0.516. The topological polar surface area (TPSA) is 80.2 Å². The standard InChI is InChI=1S/C15H15F2N5O/c1-19-7-4-5-22(6-7)14-13-12(20-15(18)21-14)10-9(23-13)3-2-8(16)11(10)17/h2-3,7,19H,4-6H2,1H3,(H2,18,20,21). The number of anilines is 2. The van der Waals surface area contributed by atoms with Crippen molar-refractivity contribution in [1.29, 1.82) is 0 Å². The highest BCUT2D eigenvalue weighted by Crippen LogP contribution is 2.36. The van der Waals surface area contributed by atoms with Crippen LogP contribution >= 0.6 is 0 Å². The number of aromatic nitrogens is 2. The Morgan fingerprint density at radius 3 is 2.91 bits per heavy atom. The zero-order valence-corrected chi connectivity index (χ0v) is 12.4. The number of furan rings is 1. The fourth-order valence-electron chi connectivity index (χ4n) is 3.07. The van der Waals surface area contributed by atoms with E-state index in [0.29, 0.717) is 17.4 Å². The quantitative estimate of drug-likeness (QED) is 0.752. The fourth-order valence-corrected chi connectivity index (χ4v) is 3.07. The third-order valence-electron chi connectivity index (χ3n) is 4.27. The van der Waals surface area contributed by atoms with Gasteiger partial charge in [-0.3, -0.25) is 0 Å². The van der Waals surface area contributed by atoms with Crippen LogP contribution in [0.2, 0.25) is 0 Å². The first-order valence-electron chi connectivity index (χ1n) is 7.34. The molecule has 0 radical (unpaired) electrons. The monoisotopic (exact) mass is 319 g/mol. The number of halogens is 2. The van der Waals surface area contributed by atoms with Gasteiger partial charge in [0.2, 0.25) is 5.95 Å². The van der Waals surface area contributed by atoms with Crippen molar-refractivity contribution in [2.45, 2.75) is 12.5 Å². The Morgan fingerprint density at radius 1 is 1.35 bits per heavy atom. The van der Waals surface area contributed by atoms with Crippen LogP contribution in [0.5, 0.6) is 0 Å². The highest BCUT2D eigenvalue weighted by molar-refractivity contribution is 6.06. The van der Waals surface area contributed by atoms with Crippen LogP contribution in [0.15, 0.2) is 16.5 Å². The number of nitrogen functional groups attached to an aromatic ring is 1. The summed E-state index contributed by atoms with van der Waals surface area (Å²) < 4.78 is 33.4. The van der Waals surface area contributed by atoms with Crippen LogP contribution in [0, 0.1) is 11.6 Å². The number of hydrogen-bond donors (Lipinski definition) is 2. The van der Waals surface area contributed by atoms with Gasteiger partial charge in [0.15, 0.2) is 23.0 Å². The molecule has 0 spiro atoms. The molecule has 0 saturated carbocycles. The Hall–Kier alpha value is -2.48. The average Bonchev–Trinajstić information content (AvgIpc) is 3.14. The minimum absolute atomic E-state index is 0.000265. The van der Waals surface area contributed by atoms with Crippen molar-refractivity contribution in [3.05, 3.63) is 23.8 Å². The number of nitrogens with two attached hydrogens (primary N) is 1. The molecule has 6 nitrogen and oxygen atoms in total. The minimum Gasteiger partial charge on any atom is -0.450 e. The van der Waals surface area contributed by atoms with Gasteiger partial charge in [-0.25, -0.2) is 13.8 Å². The number of likely N-dealkylation sites (N-methyl/N-ethyl adjacent to an activating group) is 1. The molecule has 4 rings (SSSR count). The number of fused-ring (bicyclic) bond motifs is 3. The summed E-state index contributed by atoms with van der Waals surface area (Å²) in [6, 6.07) is 2.75. The first-order valence-corrected chi connectivity index (χ1v) is 7.34. The van der Waals surface area contributed by atoms with Crippen LogP contribution in [-0.4, -0.2) is 36.1 Å². The van der Waals surface area contributed by atoms with Crippen LogP contribution in [0.4, 0.5) is 20.5 Å². The molecule has 1 aliphatic rings. The summed E-state index contributed by atoms with van der Waals surface area (Å²) in [6.07, 6.45) is 0.950. The molecule has 0 bridgehead atoms. The van der Waals surface area contributed by atoms with Crippen LogP contribution < -0.4 is 16.0 Å². The van der Waals surface area contributed by atoms with Crippen molar-refractivity contribution in [3.63, 3.8) is 0 Å². The van der Waals surface area contributed by atoms with E-state index >= 15 is 0 Å². The van der Waals surface area contributed by atoms with Gasteiger partial charge < -0.3 is 20.4 Å². The summed E-state index contributed by atoms with van der Waals surface area (Å²) in [5, 5.41) is 3.21. The van der Waals surface area contributed by atoms with Gasteiger partial charge in [-0.05, 0) is 25.6 Å². The number of rotatable bonds is 2. The van der Waals surface area contributed by atoms with Crippen molar-refractivity contribution in [2.24, 2.45) is 0 Å². The van der Waals surface area contributed by atoms with E-state index < -0.39 is 11.6 Å². The van der Waals surface area contributed by atoms with Gasteiger partial charge >= 0.3 is 0 Å². The Balaban J connectivity index is 1.97. The van der Waals surface area contributed by atoms with Crippen LogP contribution in [0.1, 0.15) is 6.42 Å². The molecule has 3 N–H and O–H groups in total. The van der Waals surface area contributed by atoms with E-state index in [4.69, 9.17) is 10.2 Å². The molecule has 120 valence electrons. The van der Waals surface area contributed by atoms with Gasteiger partial charge in [-0.15, -0.1) is 0 Å². The predicted molar refractivity (Wildman–Crippen MR) is 83.3 cm³/mol. The molecule has 2 aromatic heterocycles. The molecule has 3 heterocycles. The maximum atomic E-state index is 14.2. The Bertz CT molecular complexity index is 910. The van der Waals surface area contributed by atoms with Gasteiger partial charge in [-0.1, -0.05) is 0 Å².